The number of allylic oxidation sites excluding steroid dienone is 1. The highest BCUT2D eigenvalue weighted by molar-refractivity contribution is 8.02. The van der Waals surface area contributed by atoms with E-state index in [1.807, 2.05) is 6.08 Å². The Balaban J connectivity index is 2.38. The standard InChI is InChI=1S/C10H16O2S/c1-3-4-5-6-10(2)7-13-8(10)9(11)12/h3,8H,1,4-7H2,2H3,(H,11,12)/t8-,10+/m0/s1. The summed E-state index contributed by atoms with van der Waals surface area (Å²) in [6.45, 7) is 5.73. The molecule has 2 nitrogen and oxygen atoms in total. The van der Waals surface area contributed by atoms with Crippen molar-refractivity contribution in [2.45, 2.75) is 31.4 Å². The Morgan fingerprint density at radius 3 is 2.92 bits per heavy atom. The summed E-state index contributed by atoms with van der Waals surface area (Å²) in [5.74, 6) is 0.332. The smallest absolute Gasteiger partial charge is 0.317 e. The average Bonchev–Trinajstić information content (AvgIpc) is 2.01. The van der Waals surface area contributed by atoms with Crippen LogP contribution < -0.4 is 0 Å². The van der Waals surface area contributed by atoms with Gasteiger partial charge in [0.2, 0.25) is 0 Å². The van der Waals surface area contributed by atoms with E-state index in [1.54, 1.807) is 11.8 Å². The molecule has 0 spiro atoms. The molecule has 0 amide bonds. The molecule has 0 saturated carbocycles. The Kier molecular flexibility index (Phi) is 3.42. The van der Waals surface area contributed by atoms with Crippen LogP contribution in [0.4, 0.5) is 0 Å². The van der Waals surface area contributed by atoms with Crippen LogP contribution in [-0.2, 0) is 4.79 Å². The van der Waals surface area contributed by atoms with Crippen LogP contribution in [0.25, 0.3) is 0 Å². The SMILES string of the molecule is C=CCCC[C@]1(C)CS[C@H]1C(=O)O. The summed E-state index contributed by atoms with van der Waals surface area (Å²) in [7, 11) is 0. The third-order valence-electron chi connectivity index (χ3n) is 2.59. The maximum absolute atomic E-state index is 10.8. The summed E-state index contributed by atoms with van der Waals surface area (Å²) in [6, 6.07) is 0. The number of carbonyl (C=O) groups is 1. The molecule has 0 aliphatic carbocycles. The molecular formula is C10H16O2S. The van der Waals surface area contributed by atoms with Gasteiger partial charge in [0.05, 0.1) is 0 Å². The van der Waals surface area contributed by atoms with Crippen LogP contribution in [0, 0.1) is 5.41 Å². The maximum atomic E-state index is 10.8. The Bertz CT molecular complexity index is 215. The number of carboxylic acid groups (broad SMARTS) is 1. The van der Waals surface area contributed by atoms with E-state index < -0.39 is 5.97 Å². The Morgan fingerprint density at radius 1 is 1.85 bits per heavy atom. The highest BCUT2D eigenvalue weighted by Gasteiger charge is 2.47. The Hall–Kier alpha value is -0.440. The molecule has 1 rings (SSSR count). The number of unbranched alkanes of at least 4 members (excludes halogenated alkanes) is 1. The van der Waals surface area contributed by atoms with Gasteiger partial charge >= 0.3 is 5.97 Å². The van der Waals surface area contributed by atoms with Gasteiger partial charge in [-0.2, -0.15) is 0 Å². The largest absolute Gasteiger partial charge is 0.480 e. The summed E-state index contributed by atoms with van der Waals surface area (Å²) in [5.41, 5.74) is 0.0273. The van der Waals surface area contributed by atoms with Gasteiger partial charge in [0.15, 0.2) is 0 Å². The third kappa shape index (κ3) is 2.27. The zero-order valence-corrected chi connectivity index (χ0v) is 8.77. The van der Waals surface area contributed by atoms with E-state index in [9.17, 15) is 4.79 Å². The van der Waals surface area contributed by atoms with E-state index in [-0.39, 0.29) is 10.7 Å². The number of rotatable bonds is 5. The molecule has 1 aliphatic heterocycles. The zero-order valence-electron chi connectivity index (χ0n) is 7.95. The Labute approximate surface area is 83.4 Å². The van der Waals surface area contributed by atoms with E-state index in [0.717, 1.165) is 25.0 Å². The van der Waals surface area contributed by atoms with Crippen molar-refractivity contribution in [1.82, 2.24) is 0 Å². The minimum absolute atomic E-state index is 0.0273. The Morgan fingerprint density at radius 2 is 2.54 bits per heavy atom. The summed E-state index contributed by atoms with van der Waals surface area (Å²) >= 11 is 1.55. The molecule has 1 saturated heterocycles. The molecule has 1 fully saturated rings. The second-order valence-electron chi connectivity index (χ2n) is 3.86. The first-order chi connectivity index (χ1) is 6.10. The predicted octanol–water partition coefficient (Wildman–Crippen LogP) is 2.55. The molecule has 13 heavy (non-hydrogen) atoms. The van der Waals surface area contributed by atoms with Crippen LogP contribution in [0.3, 0.4) is 0 Å². The molecule has 0 aromatic carbocycles. The molecule has 0 aromatic heterocycles. The zero-order chi connectivity index (χ0) is 9.90. The first-order valence-corrected chi connectivity index (χ1v) is 5.60. The molecule has 1 heterocycles. The van der Waals surface area contributed by atoms with Gasteiger partial charge in [-0.25, -0.2) is 0 Å². The highest BCUT2D eigenvalue weighted by atomic mass is 32.2. The van der Waals surface area contributed by atoms with Gasteiger partial charge in [0, 0.05) is 5.75 Å². The quantitative estimate of drug-likeness (QED) is 0.547. The number of aliphatic carboxylic acids is 1. The minimum Gasteiger partial charge on any atom is -0.480 e. The molecule has 0 radical (unpaired) electrons. The third-order valence-corrected chi connectivity index (χ3v) is 4.52. The lowest BCUT2D eigenvalue weighted by atomic mass is 9.82. The summed E-state index contributed by atoms with van der Waals surface area (Å²) < 4.78 is 0. The van der Waals surface area contributed by atoms with E-state index >= 15 is 0 Å². The molecule has 0 unspecified atom stereocenters. The van der Waals surface area contributed by atoms with Gasteiger partial charge in [-0.05, 0) is 24.7 Å². The molecular weight excluding hydrogens is 184 g/mol. The molecule has 0 aromatic rings. The van der Waals surface area contributed by atoms with Gasteiger partial charge in [0.1, 0.15) is 5.25 Å². The van der Waals surface area contributed by atoms with Gasteiger partial charge in [-0.1, -0.05) is 13.0 Å². The normalized spacial score (nSPS) is 32.2. The van der Waals surface area contributed by atoms with Crippen molar-refractivity contribution in [3.05, 3.63) is 12.7 Å². The minimum atomic E-state index is -0.655. The lowest BCUT2D eigenvalue weighted by molar-refractivity contribution is -0.139. The second-order valence-corrected chi connectivity index (χ2v) is 4.96. The second kappa shape index (κ2) is 4.18. The van der Waals surface area contributed by atoms with Gasteiger partial charge < -0.3 is 5.11 Å². The fraction of sp³-hybridized carbons (Fsp3) is 0.700. The summed E-state index contributed by atoms with van der Waals surface area (Å²) in [5, 5.41) is 8.70. The number of hydrogen-bond acceptors (Lipinski definition) is 2. The van der Waals surface area contributed by atoms with Crippen molar-refractivity contribution in [1.29, 1.82) is 0 Å². The van der Waals surface area contributed by atoms with Crippen LogP contribution in [0.15, 0.2) is 12.7 Å². The molecule has 1 aliphatic rings. The first-order valence-electron chi connectivity index (χ1n) is 4.55. The van der Waals surface area contributed by atoms with Crippen LogP contribution in [0.1, 0.15) is 26.2 Å². The van der Waals surface area contributed by atoms with Crippen molar-refractivity contribution in [2.24, 2.45) is 5.41 Å². The highest BCUT2D eigenvalue weighted by Crippen LogP contribution is 2.48. The molecule has 0 bridgehead atoms. The molecule has 2 atom stereocenters. The van der Waals surface area contributed by atoms with Crippen LogP contribution in [-0.4, -0.2) is 22.1 Å². The number of thioether (sulfide) groups is 1. The van der Waals surface area contributed by atoms with Crippen molar-refractivity contribution in [3.8, 4) is 0 Å². The van der Waals surface area contributed by atoms with Crippen molar-refractivity contribution in [3.63, 3.8) is 0 Å². The fourth-order valence-electron chi connectivity index (χ4n) is 1.67. The van der Waals surface area contributed by atoms with Gasteiger partial charge in [0.25, 0.3) is 0 Å². The van der Waals surface area contributed by atoms with E-state index in [1.165, 1.54) is 0 Å². The van der Waals surface area contributed by atoms with Crippen molar-refractivity contribution < 1.29 is 9.90 Å². The fourth-order valence-corrected chi connectivity index (χ4v) is 2.98. The predicted molar refractivity (Wildman–Crippen MR) is 56.0 cm³/mol. The van der Waals surface area contributed by atoms with Crippen LogP contribution >= 0.6 is 11.8 Å². The lowest BCUT2D eigenvalue weighted by Crippen LogP contribution is -2.47. The maximum Gasteiger partial charge on any atom is 0.317 e. The number of carboxylic acids is 1. The molecule has 3 heteroatoms. The van der Waals surface area contributed by atoms with Crippen LogP contribution in [0.5, 0.6) is 0 Å². The van der Waals surface area contributed by atoms with Crippen LogP contribution in [0.2, 0.25) is 0 Å². The number of hydrogen-bond donors (Lipinski definition) is 1. The van der Waals surface area contributed by atoms with Gasteiger partial charge in [-0.3, -0.25) is 4.79 Å². The molecule has 74 valence electrons. The van der Waals surface area contributed by atoms with Crippen molar-refractivity contribution in [2.75, 3.05) is 5.75 Å². The van der Waals surface area contributed by atoms with E-state index in [2.05, 4.69) is 13.5 Å². The molecule has 1 N–H and O–H groups in total. The summed E-state index contributed by atoms with van der Waals surface area (Å²) in [6.07, 6.45) is 4.95. The first kappa shape index (κ1) is 10.6. The monoisotopic (exact) mass is 200 g/mol. The van der Waals surface area contributed by atoms with E-state index in [0.29, 0.717) is 0 Å². The average molecular weight is 200 g/mol. The topological polar surface area (TPSA) is 37.3 Å². The summed E-state index contributed by atoms with van der Waals surface area (Å²) in [4.78, 5) is 10.8. The lowest BCUT2D eigenvalue weighted by Gasteiger charge is -2.44. The van der Waals surface area contributed by atoms with Crippen molar-refractivity contribution >= 4 is 17.7 Å². The van der Waals surface area contributed by atoms with Gasteiger partial charge in [-0.15, -0.1) is 18.3 Å². The van der Waals surface area contributed by atoms with E-state index in [4.69, 9.17) is 5.11 Å².